The molecule has 1 aliphatic heterocycles. The number of likely N-dealkylation sites (tertiary alicyclic amines) is 1. The fourth-order valence-corrected chi connectivity index (χ4v) is 2.42. The third-order valence-electron chi connectivity index (χ3n) is 3.84. The molecule has 1 unspecified atom stereocenters. The highest BCUT2D eigenvalue weighted by Crippen LogP contribution is 2.34. The Morgan fingerprint density at radius 1 is 1.16 bits per heavy atom. The first-order chi connectivity index (χ1) is 8.61. The molecule has 112 valence electrons. The summed E-state index contributed by atoms with van der Waals surface area (Å²) in [6.07, 6.45) is 2.05. The lowest BCUT2D eigenvalue weighted by molar-refractivity contribution is -0.134. The normalized spacial score (nSPS) is 21.3. The Morgan fingerprint density at radius 3 is 2.26 bits per heavy atom. The number of hydrogen-bond donors (Lipinski definition) is 0. The van der Waals surface area contributed by atoms with Crippen LogP contribution in [0.3, 0.4) is 0 Å². The van der Waals surface area contributed by atoms with Crippen molar-refractivity contribution < 1.29 is 9.53 Å². The van der Waals surface area contributed by atoms with Crippen LogP contribution in [0.1, 0.15) is 54.4 Å². The molecule has 0 N–H and O–H groups in total. The molecule has 3 heteroatoms. The van der Waals surface area contributed by atoms with Crippen LogP contribution in [0.2, 0.25) is 0 Å². The Bertz CT molecular complexity index is 299. The van der Waals surface area contributed by atoms with Crippen LogP contribution in [0.5, 0.6) is 0 Å². The average Bonchev–Trinajstić information content (AvgIpc) is 2.57. The predicted molar refractivity (Wildman–Crippen MR) is 79.0 cm³/mol. The predicted octanol–water partition coefficient (Wildman–Crippen LogP) is 3.33. The SMILES string of the molecule is CC(C)(C)CCOCCN1CCC(C(C)(C)C)C1=O. The third-order valence-corrected chi connectivity index (χ3v) is 3.84. The fourth-order valence-electron chi connectivity index (χ4n) is 2.42. The van der Waals surface area contributed by atoms with E-state index in [0.29, 0.717) is 17.9 Å². The molecule has 0 aromatic heterocycles. The summed E-state index contributed by atoms with van der Waals surface area (Å²) in [5, 5.41) is 0. The minimum atomic E-state index is 0.0823. The molecular formula is C16H31NO2. The van der Waals surface area contributed by atoms with Crippen LogP contribution in [0.25, 0.3) is 0 Å². The van der Waals surface area contributed by atoms with Gasteiger partial charge in [0.25, 0.3) is 0 Å². The zero-order valence-electron chi connectivity index (χ0n) is 13.6. The lowest BCUT2D eigenvalue weighted by Crippen LogP contribution is -2.34. The summed E-state index contributed by atoms with van der Waals surface area (Å²) in [7, 11) is 0. The van der Waals surface area contributed by atoms with Gasteiger partial charge in [0.15, 0.2) is 0 Å². The van der Waals surface area contributed by atoms with E-state index >= 15 is 0 Å². The highest BCUT2D eigenvalue weighted by atomic mass is 16.5. The minimum Gasteiger partial charge on any atom is -0.380 e. The molecule has 19 heavy (non-hydrogen) atoms. The van der Waals surface area contributed by atoms with Gasteiger partial charge in [-0.25, -0.2) is 0 Å². The van der Waals surface area contributed by atoms with Gasteiger partial charge in [-0.2, -0.15) is 0 Å². The number of ether oxygens (including phenoxy) is 1. The summed E-state index contributed by atoms with van der Waals surface area (Å²) in [4.78, 5) is 14.2. The second kappa shape index (κ2) is 6.25. The van der Waals surface area contributed by atoms with Gasteiger partial charge in [-0.05, 0) is 23.7 Å². The van der Waals surface area contributed by atoms with Crippen molar-refractivity contribution in [3.05, 3.63) is 0 Å². The number of hydrogen-bond acceptors (Lipinski definition) is 2. The van der Waals surface area contributed by atoms with E-state index in [4.69, 9.17) is 4.74 Å². The van der Waals surface area contributed by atoms with Gasteiger partial charge < -0.3 is 9.64 Å². The molecule has 0 bridgehead atoms. The van der Waals surface area contributed by atoms with Crippen LogP contribution in [0, 0.1) is 16.7 Å². The molecule has 1 fully saturated rings. The fraction of sp³-hybridized carbons (Fsp3) is 0.938. The number of rotatable bonds is 5. The van der Waals surface area contributed by atoms with E-state index in [9.17, 15) is 4.79 Å². The van der Waals surface area contributed by atoms with Crippen molar-refractivity contribution >= 4 is 5.91 Å². The molecule has 1 aliphatic rings. The van der Waals surface area contributed by atoms with Crippen LogP contribution in [0.4, 0.5) is 0 Å². The van der Waals surface area contributed by atoms with Crippen LogP contribution in [0.15, 0.2) is 0 Å². The molecule has 0 saturated carbocycles. The zero-order valence-corrected chi connectivity index (χ0v) is 13.6. The van der Waals surface area contributed by atoms with Crippen molar-refractivity contribution in [3.8, 4) is 0 Å². The van der Waals surface area contributed by atoms with Gasteiger partial charge >= 0.3 is 0 Å². The second-order valence-corrected chi connectivity index (χ2v) is 7.96. The zero-order chi connectivity index (χ0) is 14.7. The van der Waals surface area contributed by atoms with E-state index in [1.807, 2.05) is 4.90 Å². The van der Waals surface area contributed by atoms with Crippen molar-refractivity contribution in [1.82, 2.24) is 4.90 Å². The number of carbonyl (C=O) groups excluding carboxylic acids is 1. The summed E-state index contributed by atoms with van der Waals surface area (Å²) in [5.41, 5.74) is 0.402. The van der Waals surface area contributed by atoms with Gasteiger partial charge in [0.05, 0.1) is 6.61 Å². The third kappa shape index (κ3) is 5.52. The molecule has 0 aromatic carbocycles. The van der Waals surface area contributed by atoms with Crippen LogP contribution in [-0.2, 0) is 9.53 Å². The van der Waals surface area contributed by atoms with Crippen molar-refractivity contribution in [1.29, 1.82) is 0 Å². The molecular weight excluding hydrogens is 238 g/mol. The Morgan fingerprint density at radius 2 is 1.79 bits per heavy atom. The van der Waals surface area contributed by atoms with E-state index in [1.165, 1.54) is 0 Å². The van der Waals surface area contributed by atoms with E-state index in [2.05, 4.69) is 41.5 Å². The van der Waals surface area contributed by atoms with Crippen LogP contribution >= 0.6 is 0 Å². The van der Waals surface area contributed by atoms with Crippen LogP contribution < -0.4 is 0 Å². The highest BCUT2D eigenvalue weighted by molar-refractivity contribution is 5.81. The summed E-state index contributed by atoms with van der Waals surface area (Å²) in [6, 6.07) is 0. The maximum atomic E-state index is 12.2. The smallest absolute Gasteiger partial charge is 0.226 e. The van der Waals surface area contributed by atoms with Gasteiger partial charge in [-0.15, -0.1) is 0 Å². The van der Waals surface area contributed by atoms with E-state index in [1.54, 1.807) is 0 Å². The molecule has 0 spiro atoms. The van der Waals surface area contributed by atoms with Gasteiger partial charge in [0.1, 0.15) is 0 Å². The topological polar surface area (TPSA) is 29.5 Å². The molecule has 0 aromatic rings. The van der Waals surface area contributed by atoms with Gasteiger partial charge in [-0.1, -0.05) is 41.5 Å². The Kier molecular flexibility index (Phi) is 5.43. The van der Waals surface area contributed by atoms with E-state index < -0.39 is 0 Å². The Balaban J connectivity index is 2.23. The van der Waals surface area contributed by atoms with Crippen molar-refractivity contribution in [2.45, 2.75) is 54.4 Å². The average molecular weight is 269 g/mol. The Labute approximate surface area is 118 Å². The van der Waals surface area contributed by atoms with E-state index in [0.717, 1.165) is 32.5 Å². The first-order valence-corrected chi connectivity index (χ1v) is 7.48. The van der Waals surface area contributed by atoms with Crippen molar-refractivity contribution in [2.24, 2.45) is 16.7 Å². The first kappa shape index (κ1) is 16.5. The Hall–Kier alpha value is -0.570. The van der Waals surface area contributed by atoms with Crippen molar-refractivity contribution in [3.63, 3.8) is 0 Å². The maximum Gasteiger partial charge on any atom is 0.226 e. The summed E-state index contributed by atoms with van der Waals surface area (Å²) in [6.45, 7) is 16.2. The van der Waals surface area contributed by atoms with Crippen LogP contribution in [-0.4, -0.2) is 37.1 Å². The molecule has 1 saturated heterocycles. The molecule has 0 aliphatic carbocycles. The number of carbonyl (C=O) groups is 1. The molecule has 1 rings (SSSR count). The van der Waals surface area contributed by atoms with Gasteiger partial charge in [0, 0.05) is 25.6 Å². The molecule has 1 amide bonds. The summed E-state index contributed by atoms with van der Waals surface area (Å²) >= 11 is 0. The molecule has 0 radical (unpaired) electrons. The summed E-state index contributed by atoms with van der Waals surface area (Å²) in [5.74, 6) is 0.494. The molecule has 3 nitrogen and oxygen atoms in total. The maximum absolute atomic E-state index is 12.2. The number of amides is 1. The lowest BCUT2D eigenvalue weighted by Gasteiger charge is -2.26. The van der Waals surface area contributed by atoms with Crippen molar-refractivity contribution in [2.75, 3.05) is 26.3 Å². The second-order valence-electron chi connectivity index (χ2n) is 7.96. The number of nitrogens with zero attached hydrogens (tertiary/aromatic N) is 1. The monoisotopic (exact) mass is 269 g/mol. The van der Waals surface area contributed by atoms with Gasteiger partial charge in [-0.3, -0.25) is 4.79 Å². The van der Waals surface area contributed by atoms with E-state index in [-0.39, 0.29) is 11.3 Å². The standard InChI is InChI=1S/C16H31NO2/c1-15(2,3)8-11-19-12-10-17-9-7-13(14(17)18)16(4,5)6/h13H,7-12H2,1-6H3. The highest BCUT2D eigenvalue weighted by Gasteiger charge is 2.38. The molecule has 1 heterocycles. The van der Waals surface area contributed by atoms with Gasteiger partial charge in [0.2, 0.25) is 5.91 Å². The minimum absolute atomic E-state index is 0.0823. The largest absolute Gasteiger partial charge is 0.380 e. The summed E-state index contributed by atoms with van der Waals surface area (Å²) < 4.78 is 5.65. The molecule has 1 atom stereocenters. The quantitative estimate of drug-likeness (QED) is 0.716. The first-order valence-electron chi connectivity index (χ1n) is 7.48. The lowest BCUT2D eigenvalue weighted by atomic mass is 9.80.